The van der Waals surface area contributed by atoms with E-state index < -0.39 is 0 Å². The number of hydrogen-bond acceptors (Lipinski definition) is 5. The van der Waals surface area contributed by atoms with Crippen LogP contribution in [0.5, 0.6) is 0 Å². The number of carbonyl (C=O) groups is 1. The van der Waals surface area contributed by atoms with Crippen LogP contribution in [0.3, 0.4) is 0 Å². The molecule has 0 aliphatic heterocycles. The van der Waals surface area contributed by atoms with Crippen molar-refractivity contribution < 1.29 is 4.79 Å². The van der Waals surface area contributed by atoms with Crippen LogP contribution in [0.15, 0.2) is 23.5 Å². The topological polar surface area (TPSA) is 143 Å². The zero-order valence-electron chi connectivity index (χ0n) is 8.75. The van der Waals surface area contributed by atoms with E-state index in [9.17, 15) is 4.79 Å². The third kappa shape index (κ3) is 5.47. The van der Waals surface area contributed by atoms with Gasteiger partial charge in [-0.3, -0.25) is 15.5 Å². The van der Waals surface area contributed by atoms with E-state index in [0.717, 1.165) is 11.8 Å². The van der Waals surface area contributed by atoms with Crippen LogP contribution in [0.4, 0.5) is 5.95 Å². The molecular weight excluding hydrogens is 242 g/mol. The van der Waals surface area contributed by atoms with E-state index in [0.29, 0.717) is 0 Å². The summed E-state index contributed by atoms with van der Waals surface area (Å²) in [5.41, 5.74) is 10.2. The third-order valence-corrected chi connectivity index (χ3v) is 2.16. The van der Waals surface area contributed by atoms with Crippen LogP contribution in [0.1, 0.15) is 0 Å². The van der Waals surface area contributed by atoms with E-state index in [1.807, 2.05) is 0 Å². The minimum absolute atomic E-state index is 0.00781. The zero-order valence-corrected chi connectivity index (χ0v) is 9.57. The lowest BCUT2D eigenvalue weighted by molar-refractivity contribution is -0.113. The largest absolute Gasteiger partial charge is 0.370 e. The Morgan fingerprint density at radius 2 is 2.12 bits per heavy atom. The molecule has 9 heteroatoms. The highest BCUT2D eigenvalue weighted by Gasteiger charge is 2.06. The summed E-state index contributed by atoms with van der Waals surface area (Å²) in [7, 11) is 0. The number of rotatable bonds is 3. The number of amides is 1. The lowest BCUT2D eigenvalue weighted by atomic mass is 10.6. The van der Waals surface area contributed by atoms with Gasteiger partial charge in [-0.05, 0) is 6.07 Å². The second-order valence-electron chi connectivity index (χ2n) is 2.75. The molecule has 0 bridgehead atoms. The molecule has 0 unspecified atom stereocenters. The third-order valence-electron chi connectivity index (χ3n) is 1.39. The van der Waals surface area contributed by atoms with E-state index in [1.54, 1.807) is 6.07 Å². The SMILES string of the molecule is N=C(N=C(N)N)SCC(=O)Nc1ncccn1. The van der Waals surface area contributed by atoms with Crippen LogP contribution in [-0.2, 0) is 4.79 Å². The number of guanidine groups is 1. The molecule has 8 nitrogen and oxygen atoms in total. The Morgan fingerprint density at radius 3 is 2.71 bits per heavy atom. The maximum absolute atomic E-state index is 11.4. The Balaban J connectivity index is 2.36. The number of carbonyl (C=O) groups excluding carboxylic acids is 1. The summed E-state index contributed by atoms with van der Waals surface area (Å²) in [6.07, 6.45) is 3.02. The van der Waals surface area contributed by atoms with Gasteiger partial charge in [0.25, 0.3) is 0 Å². The molecule has 1 aromatic heterocycles. The molecule has 0 radical (unpaired) electrons. The molecular formula is C8H11N7OS. The Bertz CT molecular complexity index is 429. The number of amidine groups is 1. The van der Waals surface area contributed by atoms with Crippen LogP contribution < -0.4 is 16.8 Å². The second-order valence-corrected chi connectivity index (χ2v) is 3.72. The Kier molecular flexibility index (Phi) is 4.88. The molecule has 6 N–H and O–H groups in total. The molecule has 0 fully saturated rings. The van der Waals surface area contributed by atoms with Gasteiger partial charge in [0, 0.05) is 12.4 Å². The molecule has 0 saturated carbocycles. The molecule has 0 aliphatic carbocycles. The van der Waals surface area contributed by atoms with Crippen LogP contribution in [0.25, 0.3) is 0 Å². The van der Waals surface area contributed by atoms with Crippen LogP contribution in [0.2, 0.25) is 0 Å². The van der Waals surface area contributed by atoms with Crippen molar-refractivity contribution in [1.82, 2.24) is 9.97 Å². The summed E-state index contributed by atoms with van der Waals surface area (Å²) in [4.78, 5) is 22.5. The van der Waals surface area contributed by atoms with Gasteiger partial charge in [-0.15, -0.1) is 0 Å². The number of aromatic nitrogens is 2. The average molecular weight is 253 g/mol. The van der Waals surface area contributed by atoms with Crippen molar-refractivity contribution in [3.8, 4) is 0 Å². The van der Waals surface area contributed by atoms with Crippen LogP contribution in [-0.4, -0.2) is 32.8 Å². The number of aliphatic imine (C=N–C) groups is 1. The van der Waals surface area contributed by atoms with E-state index in [1.165, 1.54) is 12.4 Å². The highest BCUT2D eigenvalue weighted by Crippen LogP contribution is 2.04. The monoisotopic (exact) mass is 253 g/mol. The standard InChI is InChI=1S/C8H11N7OS/c9-6(10)15-7(11)17-4-5(16)14-8-12-2-1-3-13-8/h1-3H,4H2,(H5,9,10,11,15)(H,12,13,14,16). The van der Waals surface area contributed by atoms with Gasteiger partial charge in [0.2, 0.25) is 11.9 Å². The maximum Gasteiger partial charge on any atom is 0.237 e. The molecule has 17 heavy (non-hydrogen) atoms. The molecule has 0 saturated heterocycles. The first kappa shape index (κ1) is 12.9. The lowest BCUT2D eigenvalue weighted by Gasteiger charge is -2.01. The van der Waals surface area contributed by atoms with Crippen molar-refractivity contribution in [3.05, 3.63) is 18.5 Å². The average Bonchev–Trinajstić information content (AvgIpc) is 2.27. The number of nitrogens with two attached hydrogens (primary N) is 2. The number of thioether (sulfide) groups is 1. The Hall–Kier alpha value is -2.16. The van der Waals surface area contributed by atoms with E-state index in [2.05, 4.69) is 20.3 Å². The summed E-state index contributed by atoms with van der Waals surface area (Å²) in [6, 6.07) is 1.64. The fourth-order valence-electron chi connectivity index (χ4n) is 0.808. The molecule has 1 amide bonds. The fraction of sp³-hybridized carbons (Fsp3) is 0.125. The predicted octanol–water partition coefficient (Wildman–Crippen LogP) is -0.644. The number of anilines is 1. The van der Waals surface area contributed by atoms with Crippen molar-refractivity contribution in [1.29, 1.82) is 5.41 Å². The highest BCUT2D eigenvalue weighted by atomic mass is 32.2. The lowest BCUT2D eigenvalue weighted by Crippen LogP contribution is -2.24. The minimum Gasteiger partial charge on any atom is -0.370 e. The van der Waals surface area contributed by atoms with Crippen molar-refractivity contribution in [2.24, 2.45) is 16.5 Å². The Labute approximate surface area is 101 Å². The van der Waals surface area contributed by atoms with E-state index >= 15 is 0 Å². The first-order chi connectivity index (χ1) is 8.08. The van der Waals surface area contributed by atoms with Gasteiger partial charge in [-0.1, -0.05) is 11.8 Å². The molecule has 0 aliphatic rings. The second kappa shape index (κ2) is 6.43. The van der Waals surface area contributed by atoms with Gasteiger partial charge in [-0.25, -0.2) is 9.97 Å². The predicted molar refractivity (Wildman–Crippen MR) is 66.7 cm³/mol. The zero-order chi connectivity index (χ0) is 12.7. The molecule has 1 aromatic rings. The van der Waals surface area contributed by atoms with Crippen LogP contribution in [0, 0.1) is 5.41 Å². The normalized spacial score (nSPS) is 9.41. The Morgan fingerprint density at radius 1 is 1.47 bits per heavy atom. The summed E-state index contributed by atoms with van der Waals surface area (Å²) in [5.74, 6) is -0.328. The number of nitrogens with one attached hydrogen (secondary N) is 2. The molecule has 0 spiro atoms. The molecule has 0 atom stereocenters. The quantitative estimate of drug-likeness (QED) is 0.416. The molecule has 0 aromatic carbocycles. The van der Waals surface area contributed by atoms with Gasteiger partial charge in [0.05, 0.1) is 5.75 Å². The van der Waals surface area contributed by atoms with Crippen molar-refractivity contribution in [2.75, 3.05) is 11.1 Å². The van der Waals surface area contributed by atoms with Gasteiger partial charge in [0.1, 0.15) is 0 Å². The molecule has 1 rings (SSSR count). The van der Waals surface area contributed by atoms with E-state index in [-0.39, 0.29) is 28.7 Å². The molecule has 90 valence electrons. The summed E-state index contributed by atoms with van der Waals surface area (Å²) < 4.78 is 0. The number of nitrogens with zero attached hydrogens (tertiary/aromatic N) is 3. The molecule has 1 heterocycles. The smallest absolute Gasteiger partial charge is 0.237 e. The summed E-state index contributed by atoms with van der Waals surface area (Å²) in [6.45, 7) is 0. The van der Waals surface area contributed by atoms with Crippen molar-refractivity contribution in [2.45, 2.75) is 0 Å². The van der Waals surface area contributed by atoms with Crippen LogP contribution >= 0.6 is 11.8 Å². The van der Waals surface area contributed by atoms with Gasteiger partial charge in [0.15, 0.2) is 11.1 Å². The van der Waals surface area contributed by atoms with Crippen molar-refractivity contribution >= 4 is 34.7 Å². The van der Waals surface area contributed by atoms with Crippen molar-refractivity contribution in [3.63, 3.8) is 0 Å². The first-order valence-electron chi connectivity index (χ1n) is 4.46. The fourth-order valence-corrected chi connectivity index (χ4v) is 1.32. The highest BCUT2D eigenvalue weighted by molar-refractivity contribution is 8.14. The van der Waals surface area contributed by atoms with Gasteiger partial charge in [-0.2, -0.15) is 4.99 Å². The van der Waals surface area contributed by atoms with Gasteiger partial charge >= 0.3 is 0 Å². The first-order valence-corrected chi connectivity index (χ1v) is 5.44. The number of hydrogen-bond donors (Lipinski definition) is 4. The maximum atomic E-state index is 11.4. The van der Waals surface area contributed by atoms with Gasteiger partial charge < -0.3 is 11.5 Å². The summed E-state index contributed by atoms with van der Waals surface area (Å²) in [5, 5.41) is 9.63. The van der Waals surface area contributed by atoms with E-state index in [4.69, 9.17) is 16.9 Å². The summed E-state index contributed by atoms with van der Waals surface area (Å²) >= 11 is 0.900. The minimum atomic E-state index is -0.336.